The molecule has 1 amide bonds. The highest BCUT2D eigenvalue weighted by molar-refractivity contribution is 6.42. The molecule has 0 aliphatic carbocycles. The average molecular weight is 312 g/mol. The van der Waals surface area contributed by atoms with Crippen LogP contribution in [0.5, 0.6) is 5.75 Å². The molecule has 2 N–H and O–H groups in total. The maximum absolute atomic E-state index is 11.6. The van der Waals surface area contributed by atoms with Crippen molar-refractivity contribution < 1.29 is 14.6 Å². The highest BCUT2D eigenvalue weighted by atomic mass is 35.5. The lowest BCUT2D eigenvalue weighted by atomic mass is 10.2. The fraction of sp³-hybridized carbons (Fsp3) is 0.0714. The summed E-state index contributed by atoms with van der Waals surface area (Å²) in [6, 6.07) is 11.8. The van der Waals surface area contributed by atoms with Crippen LogP contribution in [0, 0.1) is 0 Å². The van der Waals surface area contributed by atoms with Gasteiger partial charge in [0.2, 0.25) is 0 Å². The molecule has 104 valence electrons. The number of halogens is 2. The van der Waals surface area contributed by atoms with Gasteiger partial charge >= 0.3 is 6.09 Å². The molecule has 0 radical (unpaired) electrons. The molecule has 2 aromatic carbocycles. The maximum atomic E-state index is 11.6. The van der Waals surface area contributed by atoms with E-state index in [1.54, 1.807) is 0 Å². The van der Waals surface area contributed by atoms with Crippen LogP contribution in [0.1, 0.15) is 5.56 Å². The minimum absolute atomic E-state index is 0.134. The number of nitrogens with one attached hydrogen (secondary N) is 1. The highest BCUT2D eigenvalue weighted by Crippen LogP contribution is 2.33. The van der Waals surface area contributed by atoms with E-state index in [1.165, 1.54) is 12.1 Å². The normalized spacial score (nSPS) is 10.1. The van der Waals surface area contributed by atoms with Crippen LogP contribution in [0.25, 0.3) is 0 Å². The van der Waals surface area contributed by atoms with Gasteiger partial charge in [-0.25, -0.2) is 4.79 Å². The van der Waals surface area contributed by atoms with Crippen molar-refractivity contribution in [3.05, 3.63) is 58.1 Å². The lowest BCUT2D eigenvalue weighted by Crippen LogP contribution is -2.13. The van der Waals surface area contributed by atoms with Gasteiger partial charge in [-0.2, -0.15) is 0 Å². The van der Waals surface area contributed by atoms with Gasteiger partial charge in [0.05, 0.1) is 15.7 Å². The van der Waals surface area contributed by atoms with E-state index in [9.17, 15) is 9.90 Å². The zero-order chi connectivity index (χ0) is 14.5. The molecule has 0 heterocycles. The number of phenols is 1. The number of phenolic OH excluding ortho intramolecular Hbond substituents is 1. The number of rotatable bonds is 3. The number of benzene rings is 2. The smallest absolute Gasteiger partial charge is 0.412 e. The van der Waals surface area contributed by atoms with Gasteiger partial charge in [0.1, 0.15) is 12.4 Å². The van der Waals surface area contributed by atoms with Gasteiger partial charge in [0.15, 0.2) is 0 Å². The molecule has 0 aromatic heterocycles. The van der Waals surface area contributed by atoms with E-state index in [0.29, 0.717) is 0 Å². The molecule has 4 nitrogen and oxygen atoms in total. The molecule has 0 aliphatic heterocycles. The zero-order valence-electron chi connectivity index (χ0n) is 10.3. The van der Waals surface area contributed by atoms with Gasteiger partial charge in [-0.15, -0.1) is 0 Å². The lowest BCUT2D eigenvalue weighted by Gasteiger charge is -2.09. The maximum Gasteiger partial charge on any atom is 0.412 e. The van der Waals surface area contributed by atoms with Gasteiger partial charge in [0.25, 0.3) is 0 Å². The Morgan fingerprint density at radius 2 is 1.80 bits per heavy atom. The molecule has 0 unspecified atom stereocenters. The Hall–Kier alpha value is -1.91. The molecule has 2 rings (SSSR count). The van der Waals surface area contributed by atoms with Crippen molar-refractivity contribution in [2.45, 2.75) is 6.61 Å². The van der Waals surface area contributed by atoms with Crippen LogP contribution in [-0.2, 0) is 11.3 Å². The van der Waals surface area contributed by atoms with Crippen molar-refractivity contribution in [2.24, 2.45) is 0 Å². The fourth-order valence-electron chi connectivity index (χ4n) is 1.51. The molecule has 0 saturated heterocycles. The summed E-state index contributed by atoms with van der Waals surface area (Å²) in [4.78, 5) is 11.6. The number of amides is 1. The standard InChI is InChI=1S/C14H11Cl2NO3/c15-10-6-12(13(18)7-11(10)16)17-14(19)20-8-9-4-2-1-3-5-9/h1-7,18H,8H2,(H,17,19). The van der Waals surface area contributed by atoms with Crippen molar-refractivity contribution in [1.29, 1.82) is 0 Å². The first-order valence-electron chi connectivity index (χ1n) is 5.72. The van der Waals surface area contributed by atoms with Crippen LogP contribution < -0.4 is 5.32 Å². The molecule has 2 aromatic rings. The van der Waals surface area contributed by atoms with Crippen LogP contribution in [-0.4, -0.2) is 11.2 Å². The number of carbonyl (C=O) groups excluding carboxylic acids is 1. The fourth-order valence-corrected chi connectivity index (χ4v) is 1.83. The third-order valence-electron chi connectivity index (χ3n) is 2.49. The Balaban J connectivity index is 1.97. The predicted octanol–water partition coefficient (Wildman–Crippen LogP) is 4.45. The van der Waals surface area contributed by atoms with Crippen molar-refractivity contribution >= 4 is 35.0 Å². The minimum atomic E-state index is -0.692. The Bertz CT molecular complexity index is 617. The van der Waals surface area contributed by atoms with Crippen molar-refractivity contribution in [1.82, 2.24) is 0 Å². The Kier molecular flexibility index (Phi) is 4.71. The second kappa shape index (κ2) is 6.50. The molecular weight excluding hydrogens is 301 g/mol. The summed E-state index contributed by atoms with van der Waals surface area (Å²) < 4.78 is 5.02. The molecule has 0 bridgehead atoms. The predicted molar refractivity (Wildman–Crippen MR) is 78.4 cm³/mol. The van der Waals surface area contributed by atoms with Gasteiger partial charge < -0.3 is 9.84 Å². The van der Waals surface area contributed by atoms with Gasteiger partial charge in [-0.05, 0) is 11.6 Å². The topological polar surface area (TPSA) is 58.6 Å². The number of aromatic hydroxyl groups is 1. The summed E-state index contributed by atoms with van der Waals surface area (Å²) in [5.74, 6) is -0.184. The lowest BCUT2D eigenvalue weighted by molar-refractivity contribution is 0.155. The average Bonchev–Trinajstić information content (AvgIpc) is 2.44. The van der Waals surface area contributed by atoms with Crippen LogP contribution >= 0.6 is 23.2 Å². The van der Waals surface area contributed by atoms with E-state index in [0.717, 1.165) is 5.56 Å². The quantitative estimate of drug-likeness (QED) is 0.823. The number of ether oxygens (including phenoxy) is 1. The molecule has 0 saturated carbocycles. The van der Waals surface area contributed by atoms with Gasteiger partial charge in [0, 0.05) is 6.07 Å². The Morgan fingerprint density at radius 1 is 1.15 bits per heavy atom. The van der Waals surface area contributed by atoms with Crippen molar-refractivity contribution in [2.75, 3.05) is 5.32 Å². The summed E-state index contributed by atoms with van der Waals surface area (Å²) in [5, 5.41) is 12.5. The summed E-state index contributed by atoms with van der Waals surface area (Å²) in [7, 11) is 0. The molecule has 0 spiro atoms. The van der Waals surface area contributed by atoms with E-state index < -0.39 is 6.09 Å². The molecule has 6 heteroatoms. The second-order valence-corrected chi connectivity index (χ2v) is 4.78. The SMILES string of the molecule is O=C(Nc1cc(Cl)c(Cl)cc1O)OCc1ccccc1. The van der Waals surface area contributed by atoms with Crippen LogP contribution in [0.15, 0.2) is 42.5 Å². The van der Waals surface area contributed by atoms with E-state index in [1.807, 2.05) is 30.3 Å². The number of hydrogen-bond donors (Lipinski definition) is 2. The van der Waals surface area contributed by atoms with Crippen molar-refractivity contribution in [3.63, 3.8) is 0 Å². The van der Waals surface area contributed by atoms with E-state index in [-0.39, 0.29) is 28.1 Å². The second-order valence-electron chi connectivity index (χ2n) is 3.97. The van der Waals surface area contributed by atoms with Gasteiger partial charge in [-0.3, -0.25) is 5.32 Å². The first-order valence-corrected chi connectivity index (χ1v) is 6.47. The summed E-state index contributed by atoms with van der Waals surface area (Å²) in [5.41, 5.74) is 0.999. The molecule has 0 aliphatic rings. The Labute approximate surface area is 125 Å². The summed E-state index contributed by atoms with van der Waals surface area (Å²) in [6.07, 6.45) is -0.692. The zero-order valence-corrected chi connectivity index (χ0v) is 11.8. The monoisotopic (exact) mass is 311 g/mol. The first kappa shape index (κ1) is 14.5. The van der Waals surface area contributed by atoms with E-state index >= 15 is 0 Å². The van der Waals surface area contributed by atoms with E-state index in [2.05, 4.69) is 5.32 Å². The van der Waals surface area contributed by atoms with Gasteiger partial charge in [-0.1, -0.05) is 53.5 Å². The van der Waals surface area contributed by atoms with Crippen molar-refractivity contribution in [3.8, 4) is 5.75 Å². The number of anilines is 1. The minimum Gasteiger partial charge on any atom is -0.506 e. The van der Waals surface area contributed by atoms with Crippen LogP contribution in [0.2, 0.25) is 10.0 Å². The largest absolute Gasteiger partial charge is 0.506 e. The molecule has 20 heavy (non-hydrogen) atoms. The third kappa shape index (κ3) is 3.79. The number of hydrogen-bond acceptors (Lipinski definition) is 3. The highest BCUT2D eigenvalue weighted by Gasteiger charge is 2.10. The van der Waals surface area contributed by atoms with Crippen LogP contribution in [0.3, 0.4) is 0 Å². The first-order chi connectivity index (χ1) is 9.56. The summed E-state index contributed by atoms with van der Waals surface area (Å²) in [6.45, 7) is 0.134. The molecular formula is C14H11Cl2NO3. The summed E-state index contributed by atoms with van der Waals surface area (Å²) >= 11 is 11.5. The molecule has 0 fully saturated rings. The Morgan fingerprint density at radius 3 is 2.50 bits per heavy atom. The number of carbonyl (C=O) groups is 1. The molecule has 0 atom stereocenters. The van der Waals surface area contributed by atoms with E-state index in [4.69, 9.17) is 27.9 Å². The third-order valence-corrected chi connectivity index (χ3v) is 3.21. The van der Waals surface area contributed by atoms with Crippen LogP contribution in [0.4, 0.5) is 10.5 Å².